The predicted octanol–water partition coefficient (Wildman–Crippen LogP) is 2.07. The largest absolute Gasteiger partial charge is 0.309 e. The Labute approximate surface area is 134 Å². The molecular formula is C13H14N6OS2. The van der Waals surface area contributed by atoms with Crippen LogP contribution in [0.15, 0.2) is 22.6 Å². The number of nitrogens with one attached hydrogen (secondary N) is 1. The summed E-state index contributed by atoms with van der Waals surface area (Å²) in [6.45, 7) is 8.16. The maximum atomic E-state index is 12.2. The molecule has 0 saturated heterocycles. The van der Waals surface area contributed by atoms with Crippen molar-refractivity contribution in [2.24, 2.45) is 0 Å². The Hall–Kier alpha value is -2.00. The second-order valence-electron chi connectivity index (χ2n) is 4.70. The van der Waals surface area contributed by atoms with Gasteiger partial charge in [-0.05, 0) is 29.8 Å². The van der Waals surface area contributed by atoms with E-state index in [1.807, 2.05) is 13.8 Å². The van der Waals surface area contributed by atoms with Crippen LogP contribution in [0, 0.1) is 13.8 Å². The average molecular weight is 334 g/mol. The van der Waals surface area contributed by atoms with Crippen LogP contribution in [0.3, 0.4) is 0 Å². The van der Waals surface area contributed by atoms with Crippen LogP contribution in [0.25, 0.3) is 10.2 Å². The summed E-state index contributed by atoms with van der Waals surface area (Å²) in [7, 11) is 0. The second-order valence-corrected chi connectivity index (χ2v) is 6.84. The van der Waals surface area contributed by atoms with Crippen LogP contribution in [0.5, 0.6) is 0 Å². The smallest absolute Gasteiger partial charge is 0.259 e. The molecule has 22 heavy (non-hydrogen) atoms. The van der Waals surface area contributed by atoms with E-state index < -0.39 is 0 Å². The zero-order valence-corrected chi connectivity index (χ0v) is 13.8. The maximum Gasteiger partial charge on any atom is 0.259 e. The van der Waals surface area contributed by atoms with Gasteiger partial charge >= 0.3 is 0 Å². The molecule has 9 heteroatoms. The number of thioether (sulfide) groups is 1. The Kier molecular flexibility index (Phi) is 4.08. The van der Waals surface area contributed by atoms with E-state index >= 15 is 0 Å². The van der Waals surface area contributed by atoms with Crippen molar-refractivity contribution in [1.29, 1.82) is 0 Å². The number of fused-ring (bicyclic) bond motifs is 1. The van der Waals surface area contributed by atoms with Gasteiger partial charge in [-0.2, -0.15) is 0 Å². The molecule has 114 valence electrons. The first-order valence-electron chi connectivity index (χ1n) is 6.59. The molecule has 0 aliphatic carbocycles. The minimum atomic E-state index is -0.0897. The van der Waals surface area contributed by atoms with Crippen LogP contribution < -0.4 is 5.56 Å². The lowest BCUT2D eigenvalue weighted by atomic mass is 10.2. The van der Waals surface area contributed by atoms with Gasteiger partial charge < -0.3 is 4.98 Å². The van der Waals surface area contributed by atoms with E-state index in [0.29, 0.717) is 28.7 Å². The summed E-state index contributed by atoms with van der Waals surface area (Å²) >= 11 is 2.97. The predicted molar refractivity (Wildman–Crippen MR) is 87.3 cm³/mol. The minimum Gasteiger partial charge on any atom is -0.309 e. The lowest BCUT2D eigenvalue weighted by Gasteiger charge is -2.01. The van der Waals surface area contributed by atoms with Crippen LogP contribution in [0.2, 0.25) is 0 Å². The molecule has 3 aromatic heterocycles. The number of tetrazole rings is 1. The van der Waals surface area contributed by atoms with Crippen molar-refractivity contribution in [3.63, 3.8) is 0 Å². The fourth-order valence-electron chi connectivity index (χ4n) is 2.04. The van der Waals surface area contributed by atoms with E-state index in [9.17, 15) is 4.79 Å². The summed E-state index contributed by atoms with van der Waals surface area (Å²) in [5, 5.41) is 12.8. The van der Waals surface area contributed by atoms with E-state index in [4.69, 9.17) is 0 Å². The molecule has 3 rings (SSSR count). The molecule has 0 bridgehead atoms. The number of allylic oxidation sites excluding steroid dienone is 1. The number of hydrogen-bond donors (Lipinski definition) is 1. The van der Waals surface area contributed by atoms with Crippen molar-refractivity contribution >= 4 is 33.3 Å². The molecule has 0 aromatic carbocycles. The number of rotatable bonds is 5. The normalized spacial score (nSPS) is 11.2. The maximum absolute atomic E-state index is 12.2. The average Bonchev–Trinajstić information content (AvgIpc) is 3.03. The Morgan fingerprint density at radius 3 is 3.05 bits per heavy atom. The lowest BCUT2D eigenvalue weighted by Crippen LogP contribution is -2.11. The lowest BCUT2D eigenvalue weighted by molar-refractivity contribution is 0.614. The molecule has 0 fully saturated rings. The van der Waals surface area contributed by atoms with Crippen molar-refractivity contribution in [2.45, 2.75) is 31.3 Å². The van der Waals surface area contributed by atoms with Gasteiger partial charge in [-0.15, -0.1) is 23.0 Å². The molecule has 0 radical (unpaired) electrons. The highest BCUT2D eigenvalue weighted by Gasteiger charge is 2.13. The highest BCUT2D eigenvalue weighted by atomic mass is 32.2. The standard InChI is InChI=1S/C13H14N6OS2/c1-4-5-19-13(16-17-18-19)21-6-9-14-11(20)10-7(2)8(3)22-12(10)15-9/h4H,1,5-6H2,2-3H3,(H,14,15,20). The summed E-state index contributed by atoms with van der Waals surface area (Å²) in [5.41, 5.74) is 0.913. The zero-order valence-electron chi connectivity index (χ0n) is 12.2. The summed E-state index contributed by atoms with van der Waals surface area (Å²) in [6.07, 6.45) is 1.73. The fraction of sp³-hybridized carbons (Fsp3) is 0.308. The summed E-state index contributed by atoms with van der Waals surface area (Å²) in [6, 6.07) is 0. The Morgan fingerprint density at radius 2 is 2.27 bits per heavy atom. The van der Waals surface area contributed by atoms with Crippen LogP contribution in [-0.4, -0.2) is 30.2 Å². The Morgan fingerprint density at radius 1 is 1.45 bits per heavy atom. The summed E-state index contributed by atoms with van der Waals surface area (Å²) < 4.78 is 1.65. The third-order valence-corrected chi connectivity index (χ3v) is 5.30. The monoisotopic (exact) mass is 334 g/mol. The molecule has 3 heterocycles. The second kappa shape index (κ2) is 6.01. The van der Waals surface area contributed by atoms with Gasteiger partial charge in [-0.25, -0.2) is 9.67 Å². The molecule has 3 aromatic rings. The summed E-state index contributed by atoms with van der Waals surface area (Å²) in [4.78, 5) is 21.5. The van der Waals surface area contributed by atoms with E-state index in [1.54, 1.807) is 22.1 Å². The molecule has 0 saturated carbocycles. The van der Waals surface area contributed by atoms with E-state index in [2.05, 4.69) is 32.1 Å². The van der Waals surface area contributed by atoms with Gasteiger partial charge in [-0.3, -0.25) is 4.79 Å². The molecular weight excluding hydrogens is 320 g/mol. The van der Waals surface area contributed by atoms with Gasteiger partial charge in [0.15, 0.2) is 0 Å². The minimum absolute atomic E-state index is 0.0897. The van der Waals surface area contributed by atoms with Crippen LogP contribution in [0.4, 0.5) is 0 Å². The highest BCUT2D eigenvalue weighted by molar-refractivity contribution is 7.98. The van der Waals surface area contributed by atoms with Crippen LogP contribution in [0.1, 0.15) is 16.3 Å². The first-order valence-corrected chi connectivity index (χ1v) is 8.39. The number of thiophene rings is 1. The van der Waals surface area contributed by atoms with Crippen molar-refractivity contribution in [1.82, 2.24) is 30.2 Å². The number of aromatic amines is 1. The van der Waals surface area contributed by atoms with Crippen molar-refractivity contribution < 1.29 is 0 Å². The van der Waals surface area contributed by atoms with E-state index in [1.165, 1.54) is 11.8 Å². The molecule has 0 unspecified atom stereocenters. The first-order chi connectivity index (χ1) is 10.6. The quantitative estimate of drug-likeness (QED) is 0.567. The molecule has 0 atom stereocenters. The van der Waals surface area contributed by atoms with Crippen LogP contribution in [-0.2, 0) is 12.3 Å². The third kappa shape index (κ3) is 2.69. The molecule has 0 spiro atoms. The van der Waals surface area contributed by atoms with E-state index in [-0.39, 0.29) is 5.56 Å². The molecule has 0 aliphatic heterocycles. The third-order valence-electron chi connectivity index (χ3n) is 3.23. The number of nitrogens with zero attached hydrogens (tertiary/aromatic N) is 5. The molecule has 0 aliphatic rings. The van der Waals surface area contributed by atoms with Gasteiger partial charge in [0.25, 0.3) is 5.56 Å². The first kappa shape index (κ1) is 14.9. The van der Waals surface area contributed by atoms with Crippen molar-refractivity contribution in [3.05, 3.63) is 39.3 Å². The number of H-pyrrole nitrogens is 1. The number of hydrogen-bond acceptors (Lipinski definition) is 7. The van der Waals surface area contributed by atoms with Gasteiger partial charge in [0.2, 0.25) is 5.16 Å². The molecule has 7 nitrogen and oxygen atoms in total. The zero-order chi connectivity index (χ0) is 15.7. The molecule has 0 amide bonds. The van der Waals surface area contributed by atoms with Gasteiger partial charge in [-0.1, -0.05) is 17.8 Å². The van der Waals surface area contributed by atoms with Crippen molar-refractivity contribution in [3.8, 4) is 0 Å². The highest BCUT2D eigenvalue weighted by Crippen LogP contribution is 2.26. The molecule has 1 N–H and O–H groups in total. The van der Waals surface area contributed by atoms with Crippen molar-refractivity contribution in [2.75, 3.05) is 0 Å². The summed E-state index contributed by atoms with van der Waals surface area (Å²) in [5.74, 6) is 1.12. The number of aryl methyl sites for hydroxylation is 2. The van der Waals surface area contributed by atoms with E-state index in [0.717, 1.165) is 15.3 Å². The Bertz CT molecular complexity index is 894. The topological polar surface area (TPSA) is 89.3 Å². The Balaban J connectivity index is 1.87. The van der Waals surface area contributed by atoms with Crippen LogP contribution >= 0.6 is 23.1 Å². The SMILES string of the molecule is C=CCn1nnnc1SCc1nc2sc(C)c(C)c2c(=O)[nH]1. The number of aromatic nitrogens is 6. The van der Waals surface area contributed by atoms with Gasteiger partial charge in [0.05, 0.1) is 17.7 Å². The van der Waals surface area contributed by atoms with Gasteiger partial charge in [0.1, 0.15) is 10.7 Å². The van der Waals surface area contributed by atoms with Gasteiger partial charge in [0, 0.05) is 4.88 Å². The fourth-order valence-corrected chi connectivity index (χ4v) is 3.84.